The summed E-state index contributed by atoms with van der Waals surface area (Å²) in [5.74, 6) is -1.89. The summed E-state index contributed by atoms with van der Waals surface area (Å²) in [7, 11) is 0. The first-order chi connectivity index (χ1) is 14.3. The second kappa shape index (κ2) is 6.25. The third-order valence-corrected chi connectivity index (χ3v) is 9.84. The zero-order chi connectivity index (χ0) is 20.8. The monoisotopic (exact) mass is 436 g/mol. The van der Waals surface area contributed by atoms with E-state index in [1.807, 2.05) is 0 Å². The number of rotatable bonds is 3. The summed E-state index contributed by atoms with van der Waals surface area (Å²) in [6.45, 7) is 0.671. The van der Waals surface area contributed by atoms with Gasteiger partial charge in [0.25, 0.3) is 11.8 Å². The number of amides is 2. The van der Waals surface area contributed by atoms with Gasteiger partial charge in [0.05, 0.1) is 30.7 Å². The molecule has 0 spiro atoms. The summed E-state index contributed by atoms with van der Waals surface area (Å²) in [6, 6.07) is 0. The van der Waals surface area contributed by atoms with Crippen molar-refractivity contribution in [3.05, 3.63) is 20.9 Å². The Balaban J connectivity index is 1.40. The van der Waals surface area contributed by atoms with Gasteiger partial charge < -0.3 is 15.4 Å². The van der Waals surface area contributed by atoms with Crippen molar-refractivity contribution in [2.24, 2.45) is 28.9 Å². The van der Waals surface area contributed by atoms with E-state index in [9.17, 15) is 18.4 Å². The van der Waals surface area contributed by atoms with E-state index in [1.54, 1.807) is 11.3 Å². The molecule has 2 N–H and O–H groups in total. The van der Waals surface area contributed by atoms with Crippen molar-refractivity contribution in [2.45, 2.75) is 57.0 Å². The summed E-state index contributed by atoms with van der Waals surface area (Å²) in [4.78, 5) is 29.3. The molecule has 5 fully saturated rings. The van der Waals surface area contributed by atoms with Gasteiger partial charge in [0.1, 0.15) is 0 Å². The molecule has 6 aliphatic rings. The zero-order valence-corrected chi connectivity index (χ0v) is 17.6. The highest BCUT2D eigenvalue weighted by Gasteiger charge is 2.65. The zero-order valence-electron chi connectivity index (χ0n) is 16.8. The SMILES string of the molecule is NC(=O)C12CC3CC1CC(C2)C3c1sc2c(c1C(=O)N1CCC(F)(F)C1)CCOC2. The number of halogens is 2. The molecular weight excluding hydrogens is 410 g/mol. The van der Waals surface area contributed by atoms with E-state index in [1.165, 1.54) is 4.90 Å². The molecule has 2 aliphatic heterocycles. The molecule has 4 aliphatic carbocycles. The number of carbonyl (C=O) groups is 2. The molecule has 2 atom stereocenters. The fourth-order valence-corrected chi connectivity index (χ4v) is 8.92. The Morgan fingerprint density at radius 2 is 1.93 bits per heavy atom. The van der Waals surface area contributed by atoms with Crippen LogP contribution in [0.15, 0.2) is 0 Å². The standard InChI is InChI=1S/C22H26F2N2O3S/c23-22(24)2-3-26(10-22)19(27)17-14-1-4-29-9-15(14)30-18(17)16-11-5-13-6-12(16)8-21(13,7-11)20(25)28/h11-13,16H,1-10H2,(H2,25,28). The minimum absolute atomic E-state index is 0.108. The van der Waals surface area contributed by atoms with Crippen molar-refractivity contribution in [3.8, 4) is 0 Å². The molecule has 0 aromatic carbocycles. The molecule has 2 unspecified atom stereocenters. The maximum absolute atomic E-state index is 13.8. The van der Waals surface area contributed by atoms with Gasteiger partial charge in [-0.2, -0.15) is 0 Å². The van der Waals surface area contributed by atoms with Crippen molar-refractivity contribution in [3.63, 3.8) is 0 Å². The second-order valence-corrected chi connectivity index (χ2v) is 11.2. The van der Waals surface area contributed by atoms with Crippen LogP contribution in [0.5, 0.6) is 0 Å². The van der Waals surface area contributed by atoms with Crippen LogP contribution in [-0.4, -0.2) is 42.3 Å². The third kappa shape index (κ3) is 2.52. The quantitative estimate of drug-likeness (QED) is 0.790. The average molecular weight is 437 g/mol. The first-order valence-electron chi connectivity index (χ1n) is 11.0. The molecule has 0 radical (unpaired) electrons. The van der Waals surface area contributed by atoms with Gasteiger partial charge in [-0.15, -0.1) is 11.3 Å². The molecule has 7 rings (SSSR count). The summed E-state index contributed by atoms with van der Waals surface area (Å²) < 4.78 is 33.3. The lowest BCUT2D eigenvalue weighted by Gasteiger charge is -2.38. The van der Waals surface area contributed by atoms with Crippen LogP contribution < -0.4 is 5.73 Å². The molecule has 2 amide bonds. The fourth-order valence-electron chi connectivity index (χ4n) is 7.35. The number of thiophene rings is 1. The Labute approximate surface area is 177 Å². The molecule has 8 heteroatoms. The summed E-state index contributed by atoms with van der Waals surface area (Å²) in [6.07, 6.45) is 3.98. The van der Waals surface area contributed by atoms with E-state index in [-0.39, 0.29) is 36.1 Å². The van der Waals surface area contributed by atoms with Gasteiger partial charge >= 0.3 is 0 Å². The molecule has 1 aromatic heterocycles. The van der Waals surface area contributed by atoms with E-state index < -0.39 is 12.5 Å². The number of nitrogens with two attached hydrogens (primary N) is 1. The third-order valence-electron chi connectivity index (χ3n) is 8.54. The smallest absolute Gasteiger partial charge is 0.267 e. The lowest BCUT2D eigenvalue weighted by Crippen LogP contribution is -2.39. The largest absolute Gasteiger partial charge is 0.376 e. The number of primary amides is 1. The van der Waals surface area contributed by atoms with Gasteiger partial charge in [0.15, 0.2) is 0 Å². The van der Waals surface area contributed by atoms with Crippen molar-refractivity contribution in [1.29, 1.82) is 0 Å². The van der Waals surface area contributed by atoms with Gasteiger partial charge in [0, 0.05) is 22.7 Å². The maximum atomic E-state index is 13.8. The first-order valence-corrected chi connectivity index (χ1v) is 11.8. The highest BCUT2D eigenvalue weighted by Crippen LogP contribution is 2.70. The second-order valence-electron chi connectivity index (χ2n) is 10.0. The first kappa shape index (κ1) is 19.2. The summed E-state index contributed by atoms with van der Waals surface area (Å²) >= 11 is 1.65. The molecular formula is C22H26F2N2O3S. The predicted octanol–water partition coefficient (Wildman–Crippen LogP) is 3.31. The van der Waals surface area contributed by atoms with E-state index in [0.29, 0.717) is 43.0 Å². The minimum Gasteiger partial charge on any atom is -0.376 e. The van der Waals surface area contributed by atoms with Crippen molar-refractivity contribution < 1.29 is 23.1 Å². The number of nitrogens with zero attached hydrogens (tertiary/aromatic N) is 1. The van der Waals surface area contributed by atoms with E-state index in [4.69, 9.17) is 10.5 Å². The molecule has 30 heavy (non-hydrogen) atoms. The summed E-state index contributed by atoms with van der Waals surface area (Å²) in [5, 5.41) is 0. The van der Waals surface area contributed by atoms with E-state index in [2.05, 4.69) is 0 Å². The van der Waals surface area contributed by atoms with Crippen LogP contribution in [0, 0.1) is 23.2 Å². The lowest BCUT2D eigenvalue weighted by atomic mass is 9.67. The van der Waals surface area contributed by atoms with Crippen molar-refractivity contribution >= 4 is 23.2 Å². The number of likely N-dealkylation sites (tertiary alicyclic amines) is 1. The normalized spacial score (nSPS) is 38.3. The Morgan fingerprint density at radius 1 is 1.20 bits per heavy atom. The highest BCUT2D eigenvalue weighted by molar-refractivity contribution is 7.12. The van der Waals surface area contributed by atoms with Gasteiger partial charge in [-0.25, -0.2) is 8.78 Å². The Morgan fingerprint density at radius 3 is 2.53 bits per heavy atom. The van der Waals surface area contributed by atoms with Crippen LogP contribution in [0.4, 0.5) is 8.78 Å². The fraction of sp³-hybridized carbons (Fsp3) is 0.727. The van der Waals surface area contributed by atoms with Crippen LogP contribution >= 0.6 is 11.3 Å². The molecule has 4 bridgehead atoms. The number of hydrogen-bond acceptors (Lipinski definition) is 4. The van der Waals surface area contributed by atoms with Gasteiger partial charge in [-0.05, 0) is 61.3 Å². The molecule has 3 heterocycles. The highest BCUT2D eigenvalue weighted by atomic mass is 32.1. The lowest BCUT2D eigenvalue weighted by molar-refractivity contribution is -0.129. The number of hydrogen-bond donors (Lipinski definition) is 1. The van der Waals surface area contributed by atoms with Gasteiger partial charge in [0.2, 0.25) is 5.91 Å². The average Bonchev–Trinajstić information content (AvgIpc) is 3.40. The summed E-state index contributed by atoms with van der Waals surface area (Å²) in [5.41, 5.74) is 7.17. The molecule has 162 valence electrons. The minimum atomic E-state index is -2.80. The molecule has 1 saturated heterocycles. The Kier molecular flexibility index (Phi) is 3.99. The molecule has 1 aromatic rings. The van der Waals surface area contributed by atoms with Gasteiger partial charge in [-0.3, -0.25) is 9.59 Å². The van der Waals surface area contributed by atoms with Crippen LogP contribution in [0.25, 0.3) is 0 Å². The molecule has 5 nitrogen and oxygen atoms in total. The van der Waals surface area contributed by atoms with E-state index >= 15 is 0 Å². The van der Waals surface area contributed by atoms with E-state index in [0.717, 1.165) is 41.0 Å². The van der Waals surface area contributed by atoms with Crippen molar-refractivity contribution in [2.75, 3.05) is 19.7 Å². The number of alkyl halides is 2. The number of carbonyl (C=O) groups excluding carboxylic acids is 2. The number of fused-ring (bicyclic) bond motifs is 1. The van der Waals surface area contributed by atoms with Crippen LogP contribution in [0.1, 0.15) is 63.7 Å². The van der Waals surface area contributed by atoms with Crippen molar-refractivity contribution in [1.82, 2.24) is 4.90 Å². The maximum Gasteiger partial charge on any atom is 0.267 e. The van der Waals surface area contributed by atoms with Crippen LogP contribution in [-0.2, 0) is 22.6 Å². The topological polar surface area (TPSA) is 72.6 Å². The van der Waals surface area contributed by atoms with Crippen LogP contribution in [0.2, 0.25) is 0 Å². The molecule has 4 saturated carbocycles. The van der Waals surface area contributed by atoms with Crippen LogP contribution in [0.3, 0.4) is 0 Å². The Bertz CT molecular complexity index is 929. The predicted molar refractivity (Wildman–Crippen MR) is 106 cm³/mol. The number of ether oxygens (including phenoxy) is 1. The Hall–Kier alpha value is -1.54. The van der Waals surface area contributed by atoms with Gasteiger partial charge in [-0.1, -0.05) is 0 Å².